The number of hydrogen-bond donors (Lipinski definition) is 1. The van der Waals surface area contributed by atoms with Crippen LogP contribution in [0.2, 0.25) is 5.02 Å². The maximum atomic E-state index is 12.2. The van der Waals surface area contributed by atoms with Crippen LogP contribution in [0.15, 0.2) is 35.9 Å². The third-order valence-corrected chi connectivity index (χ3v) is 4.69. The van der Waals surface area contributed by atoms with Crippen LogP contribution in [0.4, 0.5) is 0 Å². The summed E-state index contributed by atoms with van der Waals surface area (Å²) in [6.45, 7) is 6.71. The summed E-state index contributed by atoms with van der Waals surface area (Å²) in [5.74, 6) is -1.28. The number of carbonyl (C=O) groups is 2. The Morgan fingerprint density at radius 2 is 1.97 bits per heavy atom. The molecule has 0 spiro atoms. The smallest absolute Gasteiger partial charge is 0.349 e. The van der Waals surface area contributed by atoms with Gasteiger partial charge in [-0.25, -0.2) is 4.79 Å². The predicted molar refractivity (Wildman–Crippen MR) is 112 cm³/mol. The normalized spacial score (nSPS) is 11.1. The Labute approximate surface area is 175 Å². The first-order valence-electron chi connectivity index (χ1n) is 9.32. The van der Waals surface area contributed by atoms with E-state index in [9.17, 15) is 14.9 Å². The molecule has 1 heterocycles. The van der Waals surface area contributed by atoms with Gasteiger partial charge >= 0.3 is 5.97 Å². The van der Waals surface area contributed by atoms with Crippen molar-refractivity contribution in [2.24, 2.45) is 0 Å². The van der Waals surface area contributed by atoms with Gasteiger partial charge in [0.05, 0.1) is 0 Å². The molecule has 6 nitrogen and oxygen atoms in total. The molecule has 152 valence electrons. The van der Waals surface area contributed by atoms with E-state index in [0.29, 0.717) is 5.02 Å². The Balaban J connectivity index is 1.95. The number of carbonyl (C=O) groups excluding carboxylic acids is 2. The highest BCUT2D eigenvalue weighted by Crippen LogP contribution is 2.19. The van der Waals surface area contributed by atoms with Crippen molar-refractivity contribution in [3.63, 3.8) is 0 Å². The van der Waals surface area contributed by atoms with Crippen LogP contribution in [0.25, 0.3) is 6.08 Å². The molecule has 0 bridgehead atoms. The third kappa shape index (κ3) is 6.23. The van der Waals surface area contributed by atoms with Crippen molar-refractivity contribution in [2.45, 2.75) is 40.3 Å². The van der Waals surface area contributed by atoms with Crippen molar-refractivity contribution in [3.8, 4) is 6.07 Å². The summed E-state index contributed by atoms with van der Waals surface area (Å²) >= 11 is 5.82. The standard InChI is InChI=1S/C22H24ClN3O3/c1-4-9-26-15(2)10-18(16(26)3)11-19(12-24)22(28)29-14-21(27)25-13-17-5-7-20(23)8-6-17/h5-8,10-11H,4,9,13-14H2,1-3H3,(H,25,27)/b19-11+. The molecular weight excluding hydrogens is 390 g/mol. The molecular formula is C22H24ClN3O3. The quantitative estimate of drug-likeness (QED) is 0.403. The Morgan fingerprint density at radius 1 is 1.28 bits per heavy atom. The summed E-state index contributed by atoms with van der Waals surface area (Å²) in [6, 6.07) is 10.8. The maximum absolute atomic E-state index is 12.2. The summed E-state index contributed by atoms with van der Waals surface area (Å²) in [7, 11) is 0. The fourth-order valence-corrected chi connectivity index (χ4v) is 3.02. The van der Waals surface area contributed by atoms with E-state index in [1.54, 1.807) is 24.3 Å². The first-order chi connectivity index (χ1) is 13.8. The van der Waals surface area contributed by atoms with E-state index in [1.165, 1.54) is 6.08 Å². The predicted octanol–water partition coefficient (Wildman–Crippen LogP) is 3.93. The van der Waals surface area contributed by atoms with E-state index in [1.807, 2.05) is 26.0 Å². The monoisotopic (exact) mass is 413 g/mol. The highest BCUT2D eigenvalue weighted by molar-refractivity contribution is 6.30. The molecule has 1 amide bonds. The summed E-state index contributed by atoms with van der Waals surface area (Å²) in [6.07, 6.45) is 2.49. The first-order valence-corrected chi connectivity index (χ1v) is 9.70. The van der Waals surface area contributed by atoms with Gasteiger partial charge in [-0.2, -0.15) is 5.26 Å². The van der Waals surface area contributed by atoms with Crippen LogP contribution >= 0.6 is 11.6 Å². The van der Waals surface area contributed by atoms with Crippen molar-refractivity contribution < 1.29 is 14.3 Å². The van der Waals surface area contributed by atoms with Gasteiger partial charge in [-0.3, -0.25) is 4.79 Å². The largest absolute Gasteiger partial charge is 0.451 e. The second-order valence-electron chi connectivity index (χ2n) is 6.63. The number of nitrogens with zero attached hydrogens (tertiary/aromatic N) is 2. The van der Waals surface area contributed by atoms with Gasteiger partial charge in [-0.1, -0.05) is 30.7 Å². The summed E-state index contributed by atoms with van der Waals surface area (Å²) < 4.78 is 7.13. The number of nitrogens with one attached hydrogen (secondary N) is 1. The van der Waals surface area contributed by atoms with E-state index in [-0.39, 0.29) is 12.1 Å². The lowest BCUT2D eigenvalue weighted by atomic mass is 10.1. The molecule has 1 aromatic carbocycles. The van der Waals surface area contributed by atoms with Crippen LogP contribution < -0.4 is 5.32 Å². The molecule has 2 rings (SSSR count). The van der Waals surface area contributed by atoms with Crippen molar-refractivity contribution in [3.05, 3.63) is 63.4 Å². The van der Waals surface area contributed by atoms with E-state index < -0.39 is 18.5 Å². The van der Waals surface area contributed by atoms with Crippen molar-refractivity contribution in [1.29, 1.82) is 5.26 Å². The van der Waals surface area contributed by atoms with Crippen molar-refractivity contribution in [1.82, 2.24) is 9.88 Å². The second-order valence-corrected chi connectivity index (χ2v) is 7.06. The van der Waals surface area contributed by atoms with E-state index in [2.05, 4.69) is 16.8 Å². The molecule has 0 fully saturated rings. The topological polar surface area (TPSA) is 84.1 Å². The number of rotatable bonds is 8. The lowest BCUT2D eigenvalue weighted by Crippen LogP contribution is -2.28. The lowest BCUT2D eigenvalue weighted by molar-refractivity contribution is -0.144. The average molecular weight is 414 g/mol. The summed E-state index contributed by atoms with van der Waals surface area (Å²) in [5.41, 5.74) is 3.55. The minimum absolute atomic E-state index is 0.146. The molecule has 0 atom stereocenters. The number of amides is 1. The van der Waals surface area contributed by atoms with Crippen molar-refractivity contribution >= 4 is 29.6 Å². The minimum atomic E-state index is -0.825. The SMILES string of the molecule is CCCn1c(C)cc(/C=C(\C#N)C(=O)OCC(=O)NCc2ccc(Cl)cc2)c1C. The van der Waals surface area contributed by atoms with Gasteiger partial charge in [0.25, 0.3) is 5.91 Å². The molecule has 2 aromatic rings. The Hall–Kier alpha value is -3.04. The lowest BCUT2D eigenvalue weighted by Gasteiger charge is -2.07. The van der Waals surface area contributed by atoms with Gasteiger partial charge in [0.2, 0.25) is 0 Å². The molecule has 0 aliphatic heterocycles. The number of benzene rings is 1. The van der Waals surface area contributed by atoms with Gasteiger partial charge in [-0.15, -0.1) is 0 Å². The molecule has 0 saturated carbocycles. The minimum Gasteiger partial charge on any atom is -0.451 e. The van der Waals surface area contributed by atoms with Crippen LogP contribution in [0.5, 0.6) is 0 Å². The van der Waals surface area contributed by atoms with E-state index >= 15 is 0 Å². The molecule has 0 unspecified atom stereocenters. The van der Waals surface area contributed by atoms with Crippen LogP contribution in [-0.4, -0.2) is 23.1 Å². The molecule has 0 aliphatic carbocycles. The zero-order valence-corrected chi connectivity index (χ0v) is 17.5. The van der Waals surface area contributed by atoms with Gasteiger partial charge < -0.3 is 14.6 Å². The molecule has 0 radical (unpaired) electrons. The fourth-order valence-electron chi connectivity index (χ4n) is 2.90. The third-order valence-electron chi connectivity index (χ3n) is 4.44. The van der Waals surface area contributed by atoms with Gasteiger partial charge in [-0.05, 0) is 55.7 Å². The summed E-state index contributed by atoms with van der Waals surface area (Å²) in [5, 5.41) is 12.6. The Morgan fingerprint density at radius 3 is 2.59 bits per heavy atom. The zero-order valence-electron chi connectivity index (χ0n) is 16.8. The number of hydrogen-bond acceptors (Lipinski definition) is 4. The number of aromatic nitrogens is 1. The number of nitriles is 1. The van der Waals surface area contributed by atoms with E-state index in [0.717, 1.165) is 35.5 Å². The molecule has 0 aliphatic rings. The number of esters is 1. The summed E-state index contributed by atoms with van der Waals surface area (Å²) in [4.78, 5) is 24.1. The molecule has 0 saturated heterocycles. The first kappa shape index (κ1) is 22.3. The van der Waals surface area contributed by atoms with Crippen LogP contribution in [0.1, 0.15) is 35.9 Å². The maximum Gasteiger partial charge on any atom is 0.349 e. The van der Waals surface area contributed by atoms with Crippen molar-refractivity contribution in [2.75, 3.05) is 6.61 Å². The highest BCUT2D eigenvalue weighted by Gasteiger charge is 2.15. The Kier molecular flexibility index (Phi) is 8.05. The number of halogens is 1. The van der Waals surface area contributed by atoms with Crippen LogP contribution in [-0.2, 0) is 27.4 Å². The molecule has 29 heavy (non-hydrogen) atoms. The molecule has 1 aromatic heterocycles. The van der Waals surface area contributed by atoms with Crippen LogP contribution in [0, 0.1) is 25.2 Å². The number of ether oxygens (including phenoxy) is 1. The van der Waals surface area contributed by atoms with E-state index in [4.69, 9.17) is 16.3 Å². The zero-order chi connectivity index (χ0) is 21.4. The highest BCUT2D eigenvalue weighted by atomic mass is 35.5. The fraction of sp³-hybridized carbons (Fsp3) is 0.318. The second kappa shape index (κ2) is 10.5. The number of aryl methyl sites for hydroxylation is 1. The molecule has 1 N–H and O–H groups in total. The molecule has 7 heteroatoms. The van der Waals surface area contributed by atoms with Gasteiger partial charge in [0.15, 0.2) is 6.61 Å². The van der Waals surface area contributed by atoms with Gasteiger partial charge in [0, 0.05) is 29.5 Å². The van der Waals surface area contributed by atoms with Crippen LogP contribution in [0.3, 0.4) is 0 Å². The average Bonchev–Trinajstić information content (AvgIpc) is 2.97. The van der Waals surface area contributed by atoms with Gasteiger partial charge in [0.1, 0.15) is 11.6 Å². The Bertz CT molecular complexity index is 953.